The summed E-state index contributed by atoms with van der Waals surface area (Å²) in [6, 6.07) is 10.4. The van der Waals surface area contributed by atoms with Crippen molar-refractivity contribution >= 4 is 60.0 Å². The summed E-state index contributed by atoms with van der Waals surface area (Å²) in [5.41, 5.74) is 0.347. The van der Waals surface area contributed by atoms with Crippen molar-refractivity contribution in [3.8, 4) is 0 Å². The Bertz CT molecular complexity index is 1370. The molecule has 1 amide bonds. The number of sulfonamides is 2. The largest absolute Gasteiger partial charge is 0.349 e. The van der Waals surface area contributed by atoms with E-state index in [1.54, 1.807) is 22.9 Å². The predicted molar refractivity (Wildman–Crippen MR) is 143 cm³/mol. The minimum atomic E-state index is -3.90. The number of benzene rings is 1. The van der Waals surface area contributed by atoms with Crippen molar-refractivity contribution in [1.82, 2.24) is 5.32 Å². The molecule has 192 valence electrons. The number of carbonyl (C=O) groups is 1. The van der Waals surface area contributed by atoms with Gasteiger partial charge in [0.1, 0.15) is 8.42 Å². The highest BCUT2D eigenvalue weighted by Crippen LogP contribution is 2.49. The Kier molecular flexibility index (Phi) is 6.88. The smallest absolute Gasteiger partial charge is 0.271 e. The predicted octanol–water partition coefficient (Wildman–Crippen LogP) is 4.97. The zero-order valence-electron chi connectivity index (χ0n) is 19.5. The van der Waals surface area contributed by atoms with Crippen molar-refractivity contribution < 1.29 is 21.6 Å². The number of fused-ring (bicyclic) bond motifs is 2. The number of carbonyl (C=O) groups excluding carboxylic acids is 1. The van der Waals surface area contributed by atoms with Crippen LogP contribution in [0.2, 0.25) is 0 Å². The lowest BCUT2D eigenvalue weighted by Gasteiger charge is -2.28. The second kappa shape index (κ2) is 9.81. The molecule has 2 aliphatic rings. The Labute approximate surface area is 219 Å². The molecule has 1 aromatic carbocycles. The van der Waals surface area contributed by atoms with Gasteiger partial charge in [0.05, 0.1) is 11.4 Å². The van der Waals surface area contributed by atoms with Crippen LogP contribution >= 0.6 is 22.7 Å². The first-order chi connectivity index (χ1) is 17.1. The summed E-state index contributed by atoms with van der Waals surface area (Å²) in [6.07, 6.45) is 4.80. The number of hydrogen-bond acceptors (Lipinski definition) is 7. The van der Waals surface area contributed by atoms with Crippen LogP contribution in [0.1, 0.15) is 43.0 Å². The minimum absolute atomic E-state index is 0.0365. The minimum Gasteiger partial charge on any atom is -0.349 e. The first kappa shape index (κ1) is 25.2. The van der Waals surface area contributed by atoms with E-state index < -0.39 is 20.0 Å². The maximum Gasteiger partial charge on any atom is 0.271 e. The molecule has 12 heteroatoms. The molecule has 0 spiro atoms. The van der Waals surface area contributed by atoms with Crippen LogP contribution in [0.3, 0.4) is 0 Å². The van der Waals surface area contributed by atoms with Gasteiger partial charge in [-0.25, -0.2) is 16.8 Å². The van der Waals surface area contributed by atoms with Gasteiger partial charge in [0, 0.05) is 11.6 Å². The van der Waals surface area contributed by atoms with Crippen LogP contribution in [-0.2, 0) is 20.0 Å². The molecule has 5 rings (SSSR count). The summed E-state index contributed by atoms with van der Waals surface area (Å²) in [5.74, 6) is 1.42. The Morgan fingerprint density at radius 1 is 0.889 bits per heavy atom. The van der Waals surface area contributed by atoms with Crippen molar-refractivity contribution in [3.63, 3.8) is 0 Å². The topological polar surface area (TPSA) is 121 Å². The third kappa shape index (κ3) is 5.31. The van der Waals surface area contributed by atoms with E-state index in [2.05, 4.69) is 14.8 Å². The van der Waals surface area contributed by atoms with E-state index in [-0.39, 0.29) is 37.3 Å². The maximum absolute atomic E-state index is 13.2. The monoisotopic (exact) mass is 565 g/mol. The Hall–Kier alpha value is -2.41. The van der Waals surface area contributed by atoms with E-state index in [1.807, 2.05) is 6.92 Å². The number of rotatable bonds is 9. The van der Waals surface area contributed by atoms with E-state index in [0.717, 1.165) is 35.0 Å². The lowest BCUT2D eigenvalue weighted by atomic mass is 9.84. The van der Waals surface area contributed by atoms with Crippen LogP contribution in [0.25, 0.3) is 0 Å². The third-order valence-electron chi connectivity index (χ3n) is 7.01. The fourth-order valence-corrected chi connectivity index (χ4v) is 9.49. The molecule has 2 aliphatic carbocycles. The quantitative estimate of drug-likeness (QED) is 0.338. The van der Waals surface area contributed by atoms with Crippen LogP contribution in [0.5, 0.6) is 0 Å². The molecule has 0 radical (unpaired) electrons. The van der Waals surface area contributed by atoms with Crippen LogP contribution in [0.4, 0.5) is 11.4 Å². The van der Waals surface area contributed by atoms with Crippen molar-refractivity contribution in [3.05, 3.63) is 58.8 Å². The first-order valence-corrected chi connectivity index (χ1v) is 16.4. The molecule has 3 N–H and O–H groups in total. The zero-order valence-corrected chi connectivity index (χ0v) is 22.8. The highest BCUT2D eigenvalue weighted by Gasteiger charge is 2.42. The standard InChI is InChI=1S/C24H27N3O5S4/c1-15(21-11-16-6-7-17(21)10-16)25-24(28)18-12-19(26-35(29,30)22-4-2-8-33-22)14-20(13-18)27-36(31,32)23-5-3-9-34-23/h2-5,8-9,12-17,21,26-27H,6-7,10-11H2,1H3,(H,25,28)/t15-,16+,17+,21+/m1/s1. The zero-order chi connectivity index (χ0) is 25.5. The van der Waals surface area contributed by atoms with Crippen LogP contribution in [0, 0.1) is 17.8 Å². The second-order valence-corrected chi connectivity index (χ2v) is 15.2. The molecule has 3 aromatic rings. The highest BCUT2D eigenvalue weighted by molar-refractivity contribution is 7.95. The van der Waals surface area contributed by atoms with Crippen LogP contribution in [-0.4, -0.2) is 28.8 Å². The summed E-state index contributed by atoms with van der Waals surface area (Å²) in [6.45, 7) is 2.01. The molecule has 2 aromatic heterocycles. The first-order valence-electron chi connectivity index (χ1n) is 11.7. The number of anilines is 2. The molecular formula is C24H27N3O5S4. The van der Waals surface area contributed by atoms with E-state index >= 15 is 0 Å². The number of hydrogen-bond donors (Lipinski definition) is 3. The van der Waals surface area contributed by atoms with Gasteiger partial charge in [-0.05, 0) is 85.0 Å². The third-order valence-corrected chi connectivity index (χ3v) is 12.6. The van der Waals surface area contributed by atoms with E-state index in [0.29, 0.717) is 11.8 Å². The number of nitrogens with one attached hydrogen (secondary N) is 3. The molecule has 0 saturated heterocycles. The van der Waals surface area contributed by atoms with Crippen LogP contribution < -0.4 is 14.8 Å². The number of amides is 1. The normalized spacial score (nSPS) is 22.3. The molecule has 2 heterocycles. The molecular weight excluding hydrogens is 539 g/mol. The van der Waals surface area contributed by atoms with Gasteiger partial charge in [0.15, 0.2) is 0 Å². The fourth-order valence-electron chi connectivity index (χ4n) is 5.42. The fraction of sp³-hybridized carbons (Fsp3) is 0.375. The summed E-state index contributed by atoms with van der Waals surface area (Å²) >= 11 is 2.12. The Morgan fingerprint density at radius 3 is 1.92 bits per heavy atom. The van der Waals surface area contributed by atoms with Gasteiger partial charge in [-0.2, -0.15) is 0 Å². The molecule has 36 heavy (non-hydrogen) atoms. The summed E-state index contributed by atoms with van der Waals surface area (Å²) in [7, 11) is -7.79. The molecule has 2 bridgehead atoms. The van der Waals surface area contributed by atoms with Gasteiger partial charge in [-0.15, -0.1) is 22.7 Å². The second-order valence-electron chi connectivity index (χ2n) is 9.48. The molecule has 0 unspecified atom stereocenters. The molecule has 2 fully saturated rings. The van der Waals surface area contributed by atoms with Gasteiger partial charge >= 0.3 is 0 Å². The van der Waals surface area contributed by atoms with Gasteiger partial charge in [-0.3, -0.25) is 14.2 Å². The highest BCUT2D eigenvalue weighted by atomic mass is 32.3. The summed E-state index contributed by atoms with van der Waals surface area (Å²) in [4.78, 5) is 13.2. The lowest BCUT2D eigenvalue weighted by Crippen LogP contribution is -2.40. The van der Waals surface area contributed by atoms with E-state index in [9.17, 15) is 21.6 Å². The average Bonchev–Trinajstić information content (AvgIpc) is 3.63. The number of thiophene rings is 2. The SMILES string of the molecule is C[C@@H](NC(=O)c1cc(NS(=O)(=O)c2cccs2)cc(NS(=O)(=O)c2cccs2)c1)[C@@H]1C[C@H]2CC[C@H]1C2. The average molecular weight is 566 g/mol. The lowest BCUT2D eigenvalue weighted by molar-refractivity contribution is 0.0915. The van der Waals surface area contributed by atoms with Crippen molar-refractivity contribution in [2.75, 3.05) is 9.44 Å². The van der Waals surface area contributed by atoms with Crippen molar-refractivity contribution in [2.45, 2.75) is 47.1 Å². The van der Waals surface area contributed by atoms with Crippen LogP contribution in [0.15, 0.2) is 61.6 Å². The van der Waals surface area contributed by atoms with Gasteiger partial charge < -0.3 is 5.32 Å². The van der Waals surface area contributed by atoms with Gasteiger partial charge in [0.25, 0.3) is 26.0 Å². The molecule has 4 atom stereocenters. The molecule has 2 saturated carbocycles. The van der Waals surface area contributed by atoms with Crippen molar-refractivity contribution in [2.24, 2.45) is 17.8 Å². The van der Waals surface area contributed by atoms with Gasteiger partial charge in [-0.1, -0.05) is 18.6 Å². The molecule has 0 aliphatic heterocycles. The molecule has 8 nitrogen and oxygen atoms in total. The van der Waals surface area contributed by atoms with E-state index in [1.165, 1.54) is 49.6 Å². The summed E-state index contributed by atoms with van der Waals surface area (Å²) in [5, 5.41) is 6.37. The Morgan fingerprint density at radius 2 is 1.47 bits per heavy atom. The van der Waals surface area contributed by atoms with Gasteiger partial charge in [0.2, 0.25) is 0 Å². The Balaban J connectivity index is 1.42. The maximum atomic E-state index is 13.2. The van der Waals surface area contributed by atoms with Crippen molar-refractivity contribution in [1.29, 1.82) is 0 Å². The van der Waals surface area contributed by atoms with E-state index in [4.69, 9.17) is 0 Å². The summed E-state index contributed by atoms with van der Waals surface area (Å²) < 4.78 is 56.4.